The second-order valence-corrected chi connectivity index (χ2v) is 8.65. The van der Waals surface area contributed by atoms with Gasteiger partial charge in [0.05, 0.1) is 36.9 Å². The molecule has 4 rings (SSSR count). The summed E-state index contributed by atoms with van der Waals surface area (Å²) in [5.41, 5.74) is 1.84. The lowest BCUT2D eigenvalue weighted by molar-refractivity contribution is -0.122. The minimum atomic E-state index is -0.339. The summed E-state index contributed by atoms with van der Waals surface area (Å²) in [7, 11) is 1.51. The highest BCUT2D eigenvalue weighted by Crippen LogP contribution is 2.27. The Hall–Kier alpha value is -3.72. The fraction of sp³-hybridized carbons (Fsp3) is 0.385. The van der Waals surface area contributed by atoms with Crippen molar-refractivity contribution >= 4 is 23.6 Å². The van der Waals surface area contributed by atoms with Crippen LogP contribution in [0.15, 0.2) is 42.5 Å². The van der Waals surface area contributed by atoms with Gasteiger partial charge in [0.1, 0.15) is 5.75 Å². The number of imide groups is 1. The molecule has 2 aliphatic heterocycles. The van der Waals surface area contributed by atoms with Crippen molar-refractivity contribution in [1.82, 2.24) is 20.0 Å². The first kappa shape index (κ1) is 24.4. The predicted molar refractivity (Wildman–Crippen MR) is 129 cm³/mol. The molecule has 2 aromatic rings. The lowest BCUT2D eigenvalue weighted by atomic mass is 10.1. The van der Waals surface area contributed by atoms with Gasteiger partial charge in [-0.15, -0.1) is 0 Å². The summed E-state index contributed by atoms with van der Waals surface area (Å²) in [6.07, 6.45) is 0.752. The second kappa shape index (κ2) is 10.7. The van der Waals surface area contributed by atoms with Crippen LogP contribution >= 0.6 is 0 Å². The monoisotopic (exact) mass is 478 g/mol. The zero-order valence-corrected chi connectivity index (χ0v) is 20.1. The fourth-order valence-corrected chi connectivity index (χ4v) is 4.54. The van der Waals surface area contributed by atoms with Crippen LogP contribution in [0.1, 0.15) is 50.0 Å². The molecule has 0 bridgehead atoms. The Morgan fingerprint density at radius 1 is 0.971 bits per heavy atom. The first-order valence-electron chi connectivity index (χ1n) is 11.8. The van der Waals surface area contributed by atoms with Crippen LogP contribution in [0.4, 0.5) is 0 Å². The van der Waals surface area contributed by atoms with Crippen molar-refractivity contribution in [1.29, 1.82) is 0 Å². The number of fused-ring (bicyclic) bond motifs is 1. The maximum atomic E-state index is 13.5. The first-order chi connectivity index (χ1) is 16.9. The van der Waals surface area contributed by atoms with E-state index in [0.29, 0.717) is 60.7 Å². The predicted octanol–water partition coefficient (Wildman–Crippen LogP) is 1.78. The highest BCUT2D eigenvalue weighted by atomic mass is 16.5. The zero-order valence-electron chi connectivity index (χ0n) is 20.1. The third-order valence-corrected chi connectivity index (χ3v) is 6.33. The molecule has 9 heteroatoms. The SMILES string of the molecule is CCNC(=O)CN1CCCN(C(=O)c2cc(CN3C(=O)c4ccccc4C3=O)ccc2OC)CC1. The van der Waals surface area contributed by atoms with Gasteiger partial charge in [-0.3, -0.25) is 29.0 Å². The quantitative estimate of drug-likeness (QED) is 0.609. The largest absolute Gasteiger partial charge is 0.496 e. The number of hydrogen-bond acceptors (Lipinski definition) is 6. The first-order valence-corrected chi connectivity index (χ1v) is 11.8. The molecule has 0 atom stereocenters. The van der Waals surface area contributed by atoms with Crippen LogP contribution in [-0.2, 0) is 11.3 Å². The van der Waals surface area contributed by atoms with E-state index in [4.69, 9.17) is 4.74 Å². The number of methoxy groups -OCH3 is 1. The van der Waals surface area contributed by atoms with Crippen LogP contribution in [0, 0.1) is 0 Å². The smallest absolute Gasteiger partial charge is 0.261 e. The third kappa shape index (κ3) is 5.19. The maximum Gasteiger partial charge on any atom is 0.261 e. The molecule has 184 valence electrons. The molecular weight excluding hydrogens is 448 g/mol. The lowest BCUT2D eigenvalue weighted by Crippen LogP contribution is -2.40. The van der Waals surface area contributed by atoms with E-state index < -0.39 is 0 Å². The summed E-state index contributed by atoms with van der Waals surface area (Å²) in [5, 5.41) is 2.81. The number of carbonyl (C=O) groups excluding carboxylic acids is 4. The van der Waals surface area contributed by atoms with E-state index >= 15 is 0 Å². The third-order valence-electron chi connectivity index (χ3n) is 6.33. The highest BCUT2D eigenvalue weighted by Gasteiger charge is 2.35. The van der Waals surface area contributed by atoms with Crippen LogP contribution in [0.3, 0.4) is 0 Å². The Balaban J connectivity index is 1.48. The van der Waals surface area contributed by atoms with Crippen molar-refractivity contribution < 1.29 is 23.9 Å². The maximum absolute atomic E-state index is 13.5. The Morgan fingerprint density at radius 3 is 2.34 bits per heavy atom. The summed E-state index contributed by atoms with van der Waals surface area (Å²) < 4.78 is 5.45. The van der Waals surface area contributed by atoms with Gasteiger partial charge in [0.25, 0.3) is 17.7 Å². The number of carbonyl (C=O) groups is 4. The molecule has 0 aromatic heterocycles. The van der Waals surface area contributed by atoms with Gasteiger partial charge >= 0.3 is 0 Å². The number of nitrogens with one attached hydrogen (secondary N) is 1. The fourth-order valence-electron chi connectivity index (χ4n) is 4.54. The van der Waals surface area contributed by atoms with E-state index in [1.165, 1.54) is 12.0 Å². The molecule has 0 aliphatic carbocycles. The van der Waals surface area contributed by atoms with Gasteiger partial charge in [0.15, 0.2) is 0 Å². The molecule has 0 unspecified atom stereocenters. The number of ether oxygens (including phenoxy) is 1. The Kier molecular flexibility index (Phi) is 7.45. The zero-order chi connectivity index (χ0) is 24.9. The molecule has 2 heterocycles. The number of hydrogen-bond donors (Lipinski definition) is 1. The molecule has 4 amide bonds. The van der Waals surface area contributed by atoms with E-state index in [1.54, 1.807) is 47.4 Å². The summed E-state index contributed by atoms with van der Waals surface area (Å²) in [6.45, 7) is 5.24. The van der Waals surface area contributed by atoms with Gasteiger partial charge in [0, 0.05) is 32.7 Å². The minimum Gasteiger partial charge on any atom is -0.496 e. The van der Waals surface area contributed by atoms with Crippen molar-refractivity contribution in [3.63, 3.8) is 0 Å². The Morgan fingerprint density at radius 2 is 1.69 bits per heavy atom. The van der Waals surface area contributed by atoms with Gasteiger partial charge in [-0.2, -0.15) is 0 Å². The minimum absolute atomic E-state index is 0.0187. The molecule has 9 nitrogen and oxygen atoms in total. The summed E-state index contributed by atoms with van der Waals surface area (Å²) in [4.78, 5) is 55.9. The van der Waals surface area contributed by atoms with Crippen LogP contribution in [0.25, 0.3) is 0 Å². The Bertz CT molecular complexity index is 1110. The average Bonchev–Trinajstić information content (AvgIpc) is 3.00. The molecule has 1 fully saturated rings. The van der Waals surface area contributed by atoms with Gasteiger partial charge in [-0.05, 0) is 43.2 Å². The number of nitrogens with zero attached hydrogens (tertiary/aromatic N) is 3. The van der Waals surface area contributed by atoms with E-state index in [1.807, 2.05) is 11.8 Å². The lowest BCUT2D eigenvalue weighted by Gasteiger charge is -2.23. The second-order valence-electron chi connectivity index (χ2n) is 8.65. The standard InChI is InChI=1S/C26H30N4O5/c1-3-27-23(31)17-28-11-6-12-29(14-13-28)24(32)21-15-18(9-10-22(21)35-2)16-30-25(33)19-7-4-5-8-20(19)26(30)34/h4-5,7-10,15H,3,6,11-14,16-17H2,1-2H3,(H,27,31). The van der Waals surface area contributed by atoms with Gasteiger partial charge in [-0.1, -0.05) is 18.2 Å². The summed E-state index contributed by atoms with van der Waals surface area (Å²) >= 11 is 0. The molecule has 2 aliphatic rings. The molecule has 1 N–H and O–H groups in total. The molecule has 0 spiro atoms. The number of amides is 4. The van der Waals surface area contributed by atoms with Crippen molar-refractivity contribution in [2.24, 2.45) is 0 Å². The number of benzene rings is 2. The topological polar surface area (TPSA) is 99.3 Å². The van der Waals surface area contributed by atoms with Crippen LogP contribution < -0.4 is 10.1 Å². The van der Waals surface area contributed by atoms with Crippen LogP contribution in [0.2, 0.25) is 0 Å². The Labute approximate surface area is 204 Å². The molecule has 0 saturated carbocycles. The molecule has 0 radical (unpaired) electrons. The van der Waals surface area contributed by atoms with E-state index in [-0.39, 0.29) is 30.2 Å². The van der Waals surface area contributed by atoms with E-state index in [9.17, 15) is 19.2 Å². The van der Waals surface area contributed by atoms with E-state index in [2.05, 4.69) is 5.32 Å². The van der Waals surface area contributed by atoms with Crippen molar-refractivity contribution in [2.45, 2.75) is 19.9 Å². The molecule has 2 aromatic carbocycles. The average molecular weight is 479 g/mol. The van der Waals surface area contributed by atoms with Crippen molar-refractivity contribution in [2.75, 3.05) is 46.4 Å². The van der Waals surface area contributed by atoms with Crippen molar-refractivity contribution in [3.8, 4) is 5.75 Å². The molecule has 1 saturated heterocycles. The van der Waals surface area contributed by atoms with Crippen LogP contribution in [0.5, 0.6) is 5.75 Å². The normalized spacial score (nSPS) is 16.2. The molecular formula is C26H30N4O5. The number of likely N-dealkylation sites (N-methyl/N-ethyl adjacent to an activating group) is 1. The van der Waals surface area contributed by atoms with Gasteiger partial charge in [0.2, 0.25) is 5.91 Å². The van der Waals surface area contributed by atoms with Crippen LogP contribution in [-0.4, -0.2) is 84.7 Å². The molecule has 35 heavy (non-hydrogen) atoms. The van der Waals surface area contributed by atoms with Gasteiger partial charge < -0.3 is 15.0 Å². The summed E-state index contributed by atoms with van der Waals surface area (Å²) in [5.74, 6) is -0.437. The van der Waals surface area contributed by atoms with Gasteiger partial charge in [-0.25, -0.2) is 0 Å². The summed E-state index contributed by atoms with van der Waals surface area (Å²) in [6, 6.07) is 11.9. The highest BCUT2D eigenvalue weighted by molar-refractivity contribution is 6.21. The van der Waals surface area contributed by atoms with Crippen molar-refractivity contribution in [3.05, 3.63) is 64.7 Å². The van der Waals surface area contributed by atoms with E-state index in [0.717, 1.165) is 13.0 Å². The number of rotatable bonds is 7.